The van der Waals surface area contributed by atoms with Crippen LogP contribution in [0.15, 0.2) is 59.7 Å². The molecule has 34 heavy (non-hydrogen) atoms. The normalized spacial score (nSPS) is 12.5. The van der Waals surface area contributed by atoms with Crippen LogP contribution in [-0.2, 0) is 7.05 Å². The maximum absolute atomic E-state index is 12.6. The number of pyridine rings is 1. The zero-order valence-corrected chi connectivity index (χ0v) is 21.1. The van der Waals surface area contributed by atoms with Gasteiger partial charge in [-0.15, -0.1) is 0 Å². The largest absolute Gasteiger partial charge is 0.357 e. The average Bonchev–Trinajstić information content (AvgIpc) is 3.44. The number of aromatic nitrogens is 4. The van der Waals surface area contributed by atoms with Gasteiger partial charge in [0.1, 0.15) is 16.9 Å². The summed E-state index contributed by atoms with van der Waals surface area (Å²) in [7, 11) is 1.79. The van der Waals surface area contributed by atoms with Gasteiger partial charge in [-0.2, -0.15) is 0 Å². The summed E-state index contributed by atoms with van der Waals surface area (Å²) in [5.74, 6) is 1.86. The number of fused-ring (bicyclic) bond motifs is 2. The quantitative estimate of drug-likeness (QED) is 0.265. The Balaban J connectivity index is 1.77. The summed E-state index contributed by atoms with van der Waals surface area (Å²) in [5, 5.41) is 1.63. The van der Waals surface area contributed by atoms with Crippen molar-refractivity contribution in [2.24, 2.45) is 7.05 Å². The van der Waals surface area contributed by atoms with Crippen molar-refractivity contribution < 1.29 is 0 Å². The second kappa shape index (κ2) is 8.89. The third-order valence-electron chi connectivity index (χ3n) is 6.24. The second-order valence-corrected chi connectivity index (χ2v) is 9.91. The van der Waals surface area contributed by atoms with Crippen LogP contribution in [0, 0.1) is 6.92 Å². The number of anilines is 1. The number of benzene rings is 2. The van der Waals surface area contributed by atoms with E-state index in [1.165, 1.54) is 0 Å². The Morgan fingerprint density at radius 3 is 2.71 bits per heavy atom. The van der Waals surface area contributed by atoms with Crippen molar-refractivity contribution in [2.75, 3.05) is 10.5 Å². The lowest BCUT2D eigenvalue weighted by atomic mass is 10.0. The van der Waals surface area contributed by atoms with Crippen LogP contribution in [0.5, 0.6) is 0 Å². The summed E-state index contributed by atoms with van der Waals surface area (Å²) < 4.78 is 7.38. The molecule has 0 aliphatic carbocycles. The fourth-order valence-electron chi connectivity index (χ4n) is 4.57. The third-order valence-corrected chi connectivity index (χ3v) is 7.15. The van der Waals surface area contributed by atoms with Crippen molar-refractivity contribution in [3.63, 3.8) is 0 Å². The molecule has 0 spiro atoms. The number of hydrogen-bond acceptors (Lipinski definition) is 4. The van der Waals surface area contributed by atoms with E-state index in [0.29, 0.717) is 5.52 Å². The van der Waals surface area contributed by atoms with Crippen molar-refractivity contribution in [3.05, 3.63) is 81.6 Å². The molecule has 0 aliphatic heterocycles. The first-order valence-corrected chi connectivity index (χ1v) is 12.6. The van der Waals surface area contributed by atoms with Crippen LogP contribution < -0.4 is 10.3 Å². The molecular formula is C26H26ClN5OS. The number of rotatable bonds is 6. The van der Waals surface area contributed by atoms with Crippen LogP contribution in [0.4, 0.5) is 5.69 Å². The maximum Gasteiger partial charge on any atom is 0.274 e. The highest BCUT2D eigenvalue weighted by atomic mass is 35.5. The second-order valence-electron chi connectivity index (χ2n) is 8.41. The number of aryl methyl sites for hydroxylation is 2. The zero-order chi connectivity index (χ0) is 24.0. The Labute approximate surface area is 207 Å². The minimum absolute atomic E-state index is 0.0399. The lowest BCUT2D eigenvalue weighted by Gasteiger charge is -2.18. The molecule has 1 atom stereocenters. The molecule has 0 saturated carbocycles. The van der Waals surface area contributed by atoms with E-state index in [0.717, 1.165) is 55.4 Å². The fraction of sp³-hybridized carbons (Fsp3) is 0.231. The molecule has 6 nitrogen and oxygen atoms in total. The van der Waals surface area contributed by atoms with Crippen molar-refractivity contribution in [3.8, 4) is 11.1 Å². The molecule has 0 fully saturated rings. The van der Waals surface area contributed by atoms with Gasteiger partial charge < -0.3 is 18.8 Å². The van der Waals surface area contributed by atoms with Crippen LogP contribution in [0.25, 0.3) is 33.1 Å². The summed E-state index contributed by atoms with van der Waals surface area (Å²) in [6.07, 6.45) is 3.73. The summed E-state index contributed by atoms with van der Waals surface area (Å²) in [4.78, 5) is 20.7. The first kappa shape index (κ1) is 22.6. The number of nitrogens with one attached hydrogen (secondary N) is 2. The Morgan fingerprint density at radius 1 is 1.21 bits per heavy atom. The van der Waals surface area contributed by atoms with Gasteiger partial charge in [-0.3, -0.25) is 4.79 Å². The Morgan fingerprint density at radius 2 is 1.97 bits per heavy atom. The van der Waals surface area contributed by atoms with Gasteiger partial charge in [0.05, 0.1) is 17.2 Å². The molecule has 1 unspecified atom stereocenters. The molecule has 0 radical (unpaired) electrons. The molecule has 0 saturated heterocycles. The van der Waals surface area contributed by atoms with Gasteiger partial charge in [0.25, 0.3) is 5.56 Å². The predicted molar refractivity (Wildman–Crippen MR) is 144 cm³/mol. The standard InChI is InChI=1S/C26H26ClN5OS/c1-5-34-30-22-12-18(21-14-31(4)26(33)24-20(21)10-11-28-24)13-23-25(22)29-16(3)32(23)15(2)17-6-8-19(27)9-7-17/h6-15,28,30H,5H2,1-4H3. The molecule has 5 rings (SSSR count). The molecule has 0 amide bonds. The van der Waals surface area contributed by atoms with Gasteiger partial charge in [0, 0.05) is 41.2 Å². The molecule has 174 valence electrons. The predicted octanol–water partition coefficient (Wildman–Crippen LogP) is 6.53. The van der Waals surface area contributed by atoms with Crippen LogP contribution in [-0.4, -0.2) is 24.9 Å². The van der Waals surface area contributed by atoms with Crippen molar-refractivity contribution in [1.82, 2.24) is 19.1 Å². The van der Waals surface area contributed by atoms with E-state index in [9.17, 15) is 4.79 Å². The Kier molecular flexibility index (Phi) is 5.91. The lowest BCUT2D eigenvalue weighted by molar-refractivity contribution is 0.637. The average molecular weight is 492 g/mol. The SMILES string of the molecule is CCSNc1cc(-c2cn(C)c(=O)c3[nH]ccc23)cc2c1nc(C)n2C(C)c1ccc(Cl)cc1. The van der Waals surface area contributed by atoms with Crippen LogP contribution >= 0.6 is 23.5 Å². The molecule has 2 aromatic carbocycles. The highest BCUT2D eigenvalue weighted by molar-refractivity contribution is 8.00. The molecule has 0 aliphatic rings. The van der Waals surface area contributed by atoms with E-state index in [2.05, 4.69) is 52.4 Å². The molecule has 0 bridgehead atoms. The molecule has 8 heteroatoms. The van der Waals surface area contributed by atoms with Gasteiger partial charge in [0.15, 0.2) is 0 Å². The van der Waals surface area contributed by atoms with Crippen LogP contribution in [0.3, 0.4) is 0 Å². The topological polar surface area (TPSA) is 67.6 Å². The van der Waals surface area contributed by atoms with Gasteiger partial charge in [0.2, 0.25) is 0 Å². The zero-order valence-electron chi connectivity index (χ0n) is 19.5. The highest BCUT2D eigenvalue weighted by Crippen LogP contribution is 2.37. The van der Waals surface area contributed by atoms with E-state index in [1.807, 2.05) is 37.5 Å². The first-order valence-electron chi connectivity index (χ1n) is 11.2. The van der Waals surface area contributed by atoms with Crippen LogP contribution in [0.1, 0.15) is 31.3 Å². The molecular weight excluding hydrogens is 466 g/mol. The number of H-pyrrole nitrogens is 1. The van der Waals surface area contributed by atoms with E-state index in [4.69, 9.17) is 16.6 Å². The summed E-state index contributed by atoms with van der Waals surface area (Å²) in [6, 6.07) is 14.3. The smallest absolute Gasteiger partial charge is 0.274 e. The lowest BCUT2D eigenvalue weighted by Crippen LogP contribution is -2.16. The molecule has 2 N–H and O–H groups in total. The Hall–Kier alpha value is -3.16. The van der Waals surface area contributed by atoms with Gasteiger partial charge in [-0.1, -0.05) is 42.6 Å². The van der Waals surface area contributed by atoms with Crippen molar-refractivity contribution in [1.29, 1.82) is 0 Å². The number of halogens is 1. The minimum atomic E-state index is -0.0399. The minimum Gasteiger partial charge on any atom is -0.357 e. The van der Waals surface area contributed by atoms with E-state index >= 15 is 0 Å². The third kappa shape index (κ3) is 3.79. The van der Waals surface area contributed by atoms with E-state index in [1.54, 1.807) is 23.6 Å². The van der Waals surface area contributed by atoms with E-state index < -0.39 is 0 Å². The van der Waals surface area contributed by atoms with Gasteiger partial charge in [-0.25, -0.2) is 4.98 Å². The molecule has 5 aromatic rings. The summed E-state index contributed by atoms with van der Waals surface area (Å²) >= 11 is 7.77. The Bertz CT molecular complexity index is 1560. The summed E-state index contributed by atoms with van der Waals surface area (Å²) in [6.45, 7) is 6.33. The molecule has 3 heterocycles. The first-order chi connectivity index (χ1) is 16.4. The van der Waals surface area contributed by atoms with Crippen LogP contribution in [0.2, 0.25) is 5.02 Å². The fourth-order valence-corrected chi connectivity index (χ4v) is 5.15. The number of hydrogen-bond donors (Lipinski definition) is 2. The number of nitrogens with zero attached hydrogens (tertiary/aromatic N) is 3. The number of aromatic amines is 1. The monoisotopic (exact) mass is 491 g/mol. The highest BCUT2D eigenvalue weighted by Gasteiger charge is 2.20. The van der Waals surface area contributed by atoms with Gasteiger partial charge >= 0.3 is 0 Å². The van der Waals surface area contributed by atoms with Crippen molar-refractivity contribution in [2.45, 2.75) is 26.8 Å². The maximum atomic E-state index is 12.6. The molecule has 3 aromatic heterocycles. The summed E-state index contributed by atoms with van der Waals surface area (Å²) in [5.41, 5.74) is 6.67. The van der Waals surface area contributed by atoms with Gasteiger partial charge in [-0.05, 0) is 55.3 Å². The van der Waals surface area contributed by atoms with Crippen molar-refractivity contribution >= 4 is 51.2 Å². The number of imidazole rings is 1. The van der Waals surface area contributed by atoms with E-state index in [-0.39, 0.29) is 11.6 Å².